The van der Waals surface area contributed by atoms with Crippen LogP contribution >= 0.6 is 0 Å². The number of nitrogens with one attached hydrogen (secondary N) is 1. The maximum Gasteiger partial charge on any atom is 0.339 e. The summed E-state index contributed by atoms with van der Waals surface area (Å²) in [5.41, 5.74) is -1.47. The van der Waals surface area contributed by atoms with E-state index in [1.165, 1.54) is 19.1 Å². The molecule has 0 aromatic heterocycles. The van der Waals surface area contributed by atoms with Gasteiger partial charge in [0.05, 0.1) is 31.0 Å². The van der Waals surface area contributed by atoms with E-state index in [0.717, 1.165) is 13.2 Å². The summed E-state index contributed by atoms with van der Waals surface area (Å²) < 4.78 is 17.9. The molecule has 1 atom stereocenters. The Hall–Kier alpha value is -2.13. The number of hydrogen-bond donors (Lipinski definition) is 2. The van der Waals surface area contributed by atoms with Crippen LogP contribution in [0.15, 0.2) is 18.2 Å². The molecule has 0 saturated heterocycles. The molecule has 18 heavy (non-hydrogen) atoms. The predicted molar refractivity (Wildman–Crippen MR) is 62.2 cm³/mol. The summed E-state index contributed by atoms with van der Waals surface area (Å²) in [5, 5.41) is 20.9. The summed E-state index contributed by atoms with van der Waals surface area (Å²) in [7, 11) is 1.15. The van der Waals surface area contributed by atoms with Crippen LogP contribution in [-0.2, 0) is 9.53 Å². The van der Waals surface area contributed by atoms with Gasteiger partial charge in [0.15, 0.2) is 5.60 Å². The molecule has 0 saturated carbocycles. The van der Waals surface area contributed by atoms with Gasteiger partial charge in [-0.2, -0.15) is 5.26 Å². The molecule has 1 rings (SSSR count). The SMILES string of the molecule is COC(=O)C(C)(O)CNc1ccc(C#N)cc1F. The van der Waals surface area contributed by atoms with E-state index in [1.807, 2.05) is 0 Å². The Bertz CT molecular complexity index is 495. The monoisotopic (exact) mass is 252 g/mol. The van der Waals surface area contributed by atoms with Crippen molar-refractivity contribution in [3.05, 3.63) is 29.6 Å². The number of carbonyl (C=O) groups excluding carboxylic acids is 1. The van der Waals surface area contributed by atoms with Crippen molar-refractivity contribution in [3.8, 4) is 6.07 Å². The Kier molecular flexibility index (Phi) is 4.23. The first-order valence-corrected chi connectivity index (χ1v) is 5.15. The molecule has 1 unspecified atom stereocenters. The van der Waals surface area contributed by atoms with E-state index in [-0.39, 0.29) is 17.8 Å². The number of halogens is 1. The maximum atomic E-state index is 13.5. The van der Waals surface area contributed by atoms with Crippen LogP contribution in [0.4, 0.5) is 10.1 Å². The zero-order chi connectivity index (χ0) is 13.8. The number of anilines is 1. The molecule has 2 N–H and O–H groups in total. The second kappa shape index (κ2) is 5.47. The lowest BCUT2D eigenvalue weighted by Gasteiger charge is -2.21. The van der Waals surface area contributed by atoms with Gasteiger partial charge in [0.1, 0.15) is 5.82 Å². The van der Waals surface area contributed by atoms with E-state index < -0.39 is 17.4 Å². The van der Waals surface area contributed by atoms with Crippen LogP contribution in [0.25, 0.3) is 0 Å². The third-order valence-corrected chi connectivity index (χ3v) is 2.35. The van der Waals surface area contributed by atoms with Crippen molar-refractivity contribution in [2.45, 2.75) is 12.5 Å². The standard InChI is InChI=1S/C12H13FN2O3/c1-12(17,11(16)18-2)7-15-10-4-3-8(6-14)5-9(10)13/h3-5,15,17H,7H2,1-2H3. The van der Waals surface area contributed by atoms with E-state index in [9.17, 15) is 14.3 Å². The van der Waals surface area contributed by atoms with Gasteiger partial charge in [-0.1, -0.05) is 0 Å². The van der Waals surface area contributed by atoms with Crippen molar-refractivity contribution in [3.63, 3.8) is 0 Å². The number of benzene rings is 1. The minimum Gasteiger partial charge on any atom is -0.467 e. The summed E-state index contributed by atoms with van der Waals surface area (Å²) >= 11 is 0. The van der Waals surface area contributed by atoms with E-state index in [1.54, 1.807) is 6.07 Å². The average Bonchev–Trinajstić information content (AvgIpc) is 2.36. The lowest BCUT2D eigenvalue weighted by atomic mass is 10.1. The molecule has 0 aliphatic rings. The lowest BCUT2D eigenvalue weighted by molar-refractivity contribution is -0.158. The summed E-state index contributed by atoms with van der Waals surface area (Å²) in [5.74, 6) is -1.45. The Morgan fingerprint density at radius 3 is 2.83 bits per heavy atom. The van der Waals surface area contributed by atoms with Gasteiger partial charge in [0.2, 0.25) is 0 Å². The topological polar surface area (TPSA) is 82.3 Å². The largest absolute Gasteiger partial charge is 0.467 e. The number of nitriles is 1. The van der Waals surface area contributed by atoms with Gasteiger partial charge in [0, 0.05) is 0 Å². The van der Waals surface area contributed by atoms with Crippen molar-refractivity contribution in [2.75, 3.05) is 19.0 Å². The van der Waals surface area contributed by atoms with Gasteiger partial charge < -0.3 is 15.2 Å². The van der Waals surface area contributed by atoms with Gasteiger partial charge in [-0.15, -0.1) is 0 Å². The van der Waals surface area contributed by atoms with E-state index in [2.05, 4.69) is 10.1 Å². The summed E-state index contributed by atoms with van der Waals surface area (Å²) in [6.07, 6.45) is 0. The molecule has 0 bridgehead atoms. The van der Waals surface area contributed by atoms with Crippen LogP contribution < -0.4 is 5.32 Å². The lowest BCUT2D eigenvalue weighted by Crippen LogP contribution is -2.42. The number of esters is 1. The van der Waals surface area contributed by atoms with Crippen LogP contribution in [0.2, 0.25) is 0 Å². The molecule has 1 aromatic carbocycles. The van der Waals surface area contributed by atoms with E-state index in [4.69, 9.17) is 5.26 Å². The van der Waals surface area contributed by atoms with Crippen LogP contribution in [0, 0.1) is 17.1 Å². The first-order valence-electron chi connectivity index (χ1n) is 5.15. The third-order valence-electron chi connectivity index (χ3n) is 2.35. The minimum absolute atomic E-state index is 0.0955. The highest BCUT2D eigenvalue weighted by Gasteiger charge is 2.31. The summed E-state index contributed by atoms with van der Waals surface area (Å²) in [6.45, 7) is 1.05. The van der Waals surface area contributed by atoms with Crippen LogP contribution in [0.5, 0.6) is 0 Å². The number of aliphatic hydroxyl groups is 1. The molecular weight excluding hydrogens is 239 g/mol. The molecule has 96 valence electrons. The number of carbonyl (C=O) groups is 1. The molecule has 0 fully saturated rings. The fourth-order valence-corrected chi connectivity index (χ4v) is 1.29. The highest BCUT2D eigenvalue weighted by atomic mass is 19.1. The third kappa shape index (κ3) is 3.18. The van der Waals surface area contributed by atoms with Gasteiger partial charge in [-0.3, -0.25) is 0 Å². The number of nitrogens with zero attached hydrogens (tertiary/aromatic N) is 1. The maximum absolute atomic E-state index is 13.5. The molecule has 6 heteroatoms. The molecule has 0 spiro atoms. The zero-order valence-electron chi connectivity index (χ0n) is 10.0. The van der Waals surface area contributed by atoms with Crippen LogP contribution in [-0.4, -0.2) is 30.3 Å². The molecule has 0 heterocycles. The van der Waals surface area contributed by atoms with Crippen LogP contribution in [0.1, 0.15) is 12.5 Å². The van der Waals surface area contributed by atoms with Gasteiger partial charge >= 0.3 is 5.97 Å². The molecule has 0 amide bonds. The first kappa shape index (κ1) is 13.9. The summed E-state index contributed by atoms with van der Waals surface area (Å²) in [6, 6.07) is 5.66. The Morgan fingerprint density at radius 2 is 2.33 bits per heavy atom. The highest BCUT2D eigenvalue weighted by Crippen LogP contribution is 2.17. The molecule has 0 aliphatic carbocycles. The smallest absolute Gasteiger partial charge is 0.339 e. The highest BCUT2D eigenvalue weighted by molar-refractivity contribution is 5.79. The normalized spacial score (nSPS) is 13.3. The molecule has 0 radical (unpaired) electrons. The Labute approximate surface area is 104 Å². The van der Waals surface area contributed by atoms with Crippen molar-refractivity contribution in [1.29, 1.82) is 5.26 Å². The number of ether oxygens (including phenoxy) is 1. The van der Waals surface area contributed by atoms with Gasteiger partial charge in [-0.05, 0) is 25.1 Å². The molecule has 0 aliphatic heterocycles. The predicted octanol–water partition coefficient (Wildman–Crippen LogP) is 1.03. The van der Waals surface area contributed by atoms with Crippen molar-refractivity contribution in [2.24, 2.45) is 0 Å². The van der Waals surface area contributed by atoms with Crippen molar-refractivity contribution in [1.82, 2.24) is 0 Å². The fourth-order valence-electron chi connectivity index (χ4n) is 1.29. The Morgan fingerprint density at radius 1 is 1.67 bits per heavy atom. The van der Waals surface area contributed by atoms with E-state index >= 15 is 0 Å². The van der Waals surface area contributed by atoms with Crippen molar-refractivity contribution < 1.29 is 19.0 Å². The average molecular weight is 252 g/mol. The second-order valence-corrected chi connectivity index (χ2v) is 3.93. The first-order chi connectivity index (χ1) is 8.40. The Balaban J connectivity index is 2.76. The molecular formula is C12H13FN2O3. The second-order valence-electron chi connectivity index (χ2n) is 3.93. The van der Waals surface area contributed by atoms with Crippen molar-refractivity contribution >= 4 is 11.7 Å². The molecule has 1 aromatic rings. The number of hydrogen-bond acceptors (Lipinski definition) is 5. The van der Waals surface area contributed by atoms with Crippen LogP contribution in [0.3, 0.4) is 0 Å². The summed E-state index contributed by atoms with van der Waals surface area (Å²) in [4.78, 5) is 11.2. The quantitative estimate of drug-likeness (QED) is 0.782. The zero-order valence-corrected chi connectivity index (χ0v) is 10.0. The number of methoxy groups -OCH3 is 1. The van der Waals surface area contributed by atoms with Gasteiger partial charge in [-0.25, -0.2) is 9.18 Å². The molecule has 5 nitrogen and oxygen atoms in total. The fraction of sp³-hybridized carbons (Fsp3) is 0.333. The van der Waals surface area contributed by atoms with Gasteiger partial charge in [0.25, 0.3) is 0 Å². The number of rotatable bonds is 4. The van der Waals surface area contributed by atoms with E-state index in [0.29, 0.717) is 0 Å². The minimum atomic E-state index is -1.75.